The molecule has 4 aromatic carbocycles. The van der Waals surface area contributed by atoms with Crippen molar-refractivity contribution in [3.05, 3.63) is 107 Å². The molecule has 4 rings (SSSR count). The van der Waals surface area contributed by atoms with Crippen LogP contribution in [0.25, 0.3) is 0 Å². The Morgan fingerprint density at radius 1 is 0.509 bits per heavy atom. The summed E-state index contributed by atoms with van der Waals surface area (Å²) >= 11 is 0. The van der Waals surface area contributed by atoms with Crippen LogP contribution in [-0.2, 0) is 29.3 Å². The maximum Gasteiger partial charge on any atom is 2.00 e. The Morgan fingerprint density at radius 3 is 1.24 bits per heavy atom. The maximum absolute atomic E-state index is 10.6. The van der Waals surface area contributed by atoms with Crippen LogP contribution in [0.3, 0.4) is 0 Å². The van der Waals surface area contributed by atoms with Crippen LogP contribution in [0.4, 0.5) is 11.4 Å². The minimum Gasteiger partial charge on any atom is -0.545 e. The number of carbonyl (C=O) groups is 2. The Balaban J connectivity index is 0.000000466. The molecule has 0 unspecified atom stereocenters. The van der Waals surface area contributed by atoms with Crippen LogP contribution >= 0.6 is 0 Å². The molecule has 0 saturated carbocycles. The van der Waals surface area contributed by atoms with Gasteiger partial charge < -0.3 is 40.2 Å². The smallest absolute Gasteiger partial charge is 0.545 e. The quantitative estimate of drug-likeness (QED) is 0.0354. The van der Waals surface area contributed by atoms with E-state index in [-0.39, 0.29) is 27.6 Å². The molecule has 0 aliphatic carbocycles. The van der Waals surface area contributed by atoms with Crippen molar-refractivity contribution in [1.29, 1.82) is 0 Å². The summed E-state index contributed by atoms with van der Waals surface area (Å²) in [4.78, 5) is 31.2. The van der Waals surface area contributed by atoms with E-state index in [4.69, 9.17) is 20.2 Å². The Hall–Kier alpha value is -5.15. The van der Waals surface area contributed by atoms with Gasteiger partial charge in [0.1, 0.15) is 0 Å². The second-order valence-corrected chi connectivity index (χ2v) is 12.6. The fourth-order valence-corrected chi connectivity index (χ4v) is 5.55. The van der Waals surface area contributed by atoms with Crippen molar-refractivity contribution in [2.75, 3.05) is 0 Å². The number of aliphatic imine (C=N–C) groups is 2. The number of benzene rings is 4. The molecule has 4 aromatic rings. The zero-order valence-electron chi connectivity index (χ0n) is 32.2. The van der Waals surface area contributed by atoms with E-state index in [1.54, 1.807) is 13.8 Å². The van der Waals surface area contributed by atoms with Gasteiger partial charge in [0.15, 0.2) is 23.0 Å². The van der Waals surface area contributed by atoms with E-state index < -0.39 is 34.9 Å². The average Bonchev–Trinajstić information content (AvgIpc) is 3.17. The molecule has 0 aliphatic rings. The number of carbonyl (C=O) groups excluding carboxylic acids is 2. The minimum atomic E-state index is -1.48. The molecule has 10 nitrogen and oxygen atoms in total. The number of rotatable bonds is 17. The first kappa shape index (κ1) is 47.9. The Kier molecular flexibility index (Phi) is 23.2. The van der Waals surface area contributed by atoms with E-state index in [1.807, 2.05) is 12.1 Å². The van der Waals surface area contributed by atoms with E-state index in [0.717, 1.165) is 36.3 Å². The van der Waals surface area contributed by atoms with Gasteiger partial charge in [-0.3, -0.25) is 9.98 Å². The molecule has 298 valence electrons. The second kappa shape index (κ2) is 26.6. The van der Waals surface area contributed by atoms with Gasteiger partial charge in [-0.25, -0.2) is 0 Å². The number of phenols is 4. The molecule has 11 heteroatoms. The van der Waals surface area contributed by atoms with Gasteiger partial charge >= 0.3 is 16.5 Å². The van der Waals surface area contributed by atoms with Gasteiger partial charge in [-0.2, -0.15) is 0 Å². The summed E-state index contributed by atoms with van der Waals surface area (Å²) in [5.41, 5.74) is 4.60. The van der Waals surface area contributed by atoms with Crippen molar-refractivity contribution in [2.24, 2.45) is 9.98 Å². The van der Waals surface area contributed by atoms with E-state index in [1.165, 1.54) is 74.9 Å². The van der Waals surface area contributed by atoms with Crippen molar-refractivity contribution in [1.82, 2.24) is 0 Å². The predicted molar refractivity (Wildman–Crippen MR) is 212 cm³/mol. The summed E-state index contributed by atoms with van der Waals surface area (Å²) in [5, 5.41) is 57.6. The molecule has 0 bridgehead atoms. The number of unbranched alkanes of at least 4 members (excludes halogenated alkanes) is 6. The zero-order chi connectivity index (χ0) is 39.9. The number of nitrogens with zero attached hydrogens (tertiary/aromatic N) is 2. The fraction of sp³-hybridized carbons (Fsp3) is 0.364. The zero-order valence-corrected chi connectivity index (χ0v) is 33.2. The van der Waals surface area contributed by atoms with Gasteiger partial charge in [0.05, 0.1) is 34.7 Å². The molecule has 0 atom stereocenters. The summed E-state index contributed by atoms with van der Waals surface area (Å²) < 4.78 is 0. The number of aromatic hydroxyl groups is 4. The first-order chi connectivity index (χ1) is 26.0. The summed E-state index contributed by atoms with van der Waals surface area (Å²) in [6.45, 7) is 8.00. The number of carboxylic acid groups (broad SMARTS) is 2. The molecule has 0 fully saturated rings. The maximum atomic E-state index is 10.6. The molecule has 0 aromatic heterocycles. The topological polar surface area (TPSA) is 186 Å². The van der Waals surface area contributed by atoms with Gasteiger partial charge in [0, 0.05) is 11.1 Å². The molecule has 0 spiro atoms. The van der Waals surface area contributed by atoms with Crippen LogP contribution < -0.4 is 10.2 Å². The summed E-state index contributed by atoms with van der Waals surface area (Å²) in [6, 6.07) is 26.0. The molecule has 0 saturated heterocycles. The first-order valence-corrected chi connectivity index (χ1v) is 18.7. The molecule has 0 amide bonds. The van der Waals surface area contributed by atoms with E-state index >= 15 is 0 Å². The van der Waals surface area contributed by atoms with Crippen molar-refractivity contribution >= 4 is 34.7 Å². The van der Waals surface area contributed by atoms with Crippen LogP contribution in [0.1, 0.15) is 124 Å². The number of hydrogen-bond donors (Lipinski definition) is 4. The summed E-state index contributed by atoms with van der Waals surface area (Å²) in [6.07, 6.45) is 13.0. The number of carboxylic acids is 2. The number of hydrogen-bond acceptors (Lipinski definition) is 10. The van der Waals surface area contributed by atoms with Gasteiger partial charge in [0.2, 0.25) is 0 Å². The normalized spacial score (nSPS) is 11.0. The molecule has 0 radical (unpaired) electrons. The minimum absolute atomic E-state index is 0. The van der Waals surface area contributed by atoms with Gasteiger partial charge in [-0.05, 0) is 86.1 Å². The largest absolute Gasteiger partial charge is 2.00 e. The SMILES string of the molecule is CCCCCCCCC(=Nc1ccccc1)C(CCCC)=Nc1ccccc1.CCc1ccc(O)c(O)c1C(=O)[O-].CCc1ccc(O)c(O)c1C(=O)[O-].[Ni+2]. The monoisotopic (exact) mass is 796 g/mol. The Labute approximate surface area is 335 Å². The third kappa shape index (κ3) is 16.4. The summed E-state index contributed by atoms with van der Waals surface area (Å²) in [5.74, 6) is -5.11. The van der Waals surface area contributed by atoms with Crippen LogP contribution in [0, 0.1) is 0 Å². The van der Waals surface area contributed by atoms with Crippen molar-refractivity contribution in [3.8, 4) is 23.0 Å². The third-order valence-electron chi connectivity index (χ3n) is 8.56. The molecular formula is C44H54N2NiO8. The van der Waals surface area contributed by atoms with E-state index in [0.29, 0.717) is 24.0 Å². The fourth-order valence-electron chi connectivity index (χ4n) is 5.55. The molecule has 0 heterocycles. The van der Waals surface area contributed by atoms with Crippen LogP contribution in [0.5, 0.6) is 23.0 Å². The molecule has 55 heavy (non-hydrogen) atoms. The second-order valence-electron chi connectivity index (χ2n) is 12.6. The number of phenolic OH excluding ortho intramolecular Hbond substituents is 2. The average molecular weight is 798 g/mol. The van der Waals surface area contributed by atoms with E-state index in [9.17, 15) is 30.0 Å². The third-order valence-corrected chi connectivity index (χ3v) is 8.56. The Morgan fingerprint density at radius 2 is 0.873 bits per heavy atom. The van der Waals surface area contributed by atoms with Gasteiger partial charge in [-0.15, -0.1) is 0 Å². The summed E-state index contributed by atoms with van der Waals surface area (Å²) in [7, 11) is 0. The molecular weight excluding hydrogens is 743 g/mol. The van der Waals surface area contributed by atoms with Crippen LogP contribution in [0.2, 0.25) is 0 Å². The first-order valence-electron chi connectivity index (χ1n) is 18.7. The molecule has 0 aliphatic heterocycles. The van der Waals surface area contributed by atoms with Crippen molar-refractivity contribution in [2.45, 2.75) is 105 Å². The molecule has 4 N–H and O–H groups in total. The standard InChI is InChI=1S/C26H36N2.2C9H10O4.Ni/c1-3-5-7-8-9-16-22-26(28-24-19-14-11-15-20-24)25(21-6-4-2)27-23-17-12-10-13-18-23;2*1-2-5-3-4-6(10)8(11)7(5)9(12)13;/h10-15,17-20H,3-9,16,21-22H2,1-2H3;2*3-4,10-11H,2H2,1H3,(H,12,13);/q;;;+2/p-2. The van der Waals surface area contributed by atoms with Crippen molar-refractivity contribution in [3.63, 3.8) is 0 Å². The number of aromatic carboxylic acids is 2. The van der Waals surface area contributed by atoms with Crippen molar-refractivity contribution < 1.29 is 56.7 Å². The predicted octanol–water partition coefficient (Wildman–Crippen LogP) is 8.52. The van der Waals surface area contributed by atoms with Gasteiger partial charge in [0.25, 0.3) is 0 Å². The number of para-hydroxylation sites is 2. The number of aryl methyl sites for hydroxylation is 2. The van der Waals surface area contributed by atoms with Gasteiger partial charge in [-0.1, -0.05) is 115 Å². The van der Waals surface area contributed by atoms with Crippen LogP contribution in [0.15, 0.2) is 94.9 Å². The Bertz CT molecular complexity index is 1740. The van der Waals surface area contributed by atoms with E-state index in [2.05, 4.69) is 62.4 Å². The van der Waals surface area contributed by atoms with Crippen LogP contribution in [-0.4, -0.2) is 43.8 Å².